The smallest absolute Gasteiger partial charge is 0.0991 e. The van der Waals surface area contributed by atoms with Gasteiger partial charge in [-0.25, -0.2) is 0 Å². The molecule has 1 aliphatic carbocycles. The molecule has 86 valence electrons. The van der Waals surface area contributed by atoms with Gasteiger partial charge in [-0.05, 0) is 36.5 Å². The highest BCUT2D eigenvalue weighted by atomic mass is 35.5. The van der Waals surface area contributed by atoms with E-state index in [0.29, 0.717) is 11.5 Å². The Bertz CT molecular complexity index is 361. The van der Waals surface area contributed by atoms with Gasteiger partial charge in [0, 0.05) is 6.04 Å². The van der Waals surface area contributed by atoms with Crippen LogP contribution in [0.25, 0.3) is 0 Å². The van der Waals surface area contributed by atoms with Gasteiger partial charge in [-0.15, -0.1) is 12.4 Å². The molecule has 0 radical (unpaired) electrons. The fourth-order valence-corrected chi connectivity index (χ4v) is 2.37. The largest absolute Gasteiger partial charge is 0.324 e. The van der Waals surface area contributed by atoms with Crippen molar-refractivity contribution in [2.75, 3.05) is 0 Å². The van der Waals surface area contributed by atoms with Gasteiger partial charge in [0.1, 0.15) is 0 Å². The minimum atomic E-state index is 0. The lowest BCUT2D eigenvalue weighted by Crippen LogP contribution is -2.18. The van der Waals surface area contributed by atoms with Crippen molar-refractivity contribution in [1.82, 2.24) is 0 Å². The van der Waals surface area contributed by atoms with Gasteiger partial charge in [0.25, 0.3) is 0 Å². The molecule has 3 heteroatoms. The lowest BCUT2D eigenvalue weighted by Gasteiger charge is -2.19. The second-order valence-electron chi connectivity index (χ2n) is 4.30. The summed E-state index contributed by atoms with van der Waals surface area (Å²) in [5, 5.41) is 8.70. The summed E-state index contributed by atoms with van der Waals surface area (Å²) in [5.74, 6) is 0.637. The molecular formula is C13H17ClN2. The molecular weight excluding hydrogens is 220 g/mol. The van der Waals surface area contributed by atoms with Crippen LogP contribution in [-0.4, -0.2) is 0 Å². The predicted molar refractivity (Wildman–Crippen MR) is 67.3 cm³/mol. The van der Waals surface area contributed by atoms with E-state index in [1.165, 1.54) is 31.2 Å². The van der Waals surface area contributed by atoms with Crippen LogP contribution in [0.2, 0.25) is 0 Å². The van der Waals surface area contributed by atoms with Gasteiger partial charge in [0.05, 0.1) is 11.6 Å². The second-order valence-corrected chi connectivity index (χ2v) is 4.30. The molecule has 1 aromatic rings. The molecule has 1 atom stereocenters. The summed E-state index contributed by atoms with van der Waals surface area (Å²) in [5.41, 5.74) is 8.08. The molecule has 1 aromatic carbocycles. The quantitative estimate of drug-likeness (QED) is 0.858. The molecule has 0 spiro atoms. The third-order valence-corrected chi connectivity index (χ3v) is 3.33. The van der Waals surface area contributed by atoms with E-state index in [1.807, 2.05) is 24.3 Å². The predicted octanol–water partition coefficient (Wildman–Crippen LogP) is 3.17. The van der Waals surface area contributed by atoms with Crippen molar-refractivity contribution in [2.24, 2.45) is 11.7 Å². The van der Waals surface area contributed by atoms with Gasteiger partial charge in [-0.2, -0.15) is 5.26 Å². The second kappa shape index (κ2) is 5.89. The minimum absolute atomic E-state index is 0. The highest BCUT2D eigenvalue weighted by Gasteiger charge is 2.22. The molecule has 2 nitrogen and oxygen atoms in total. The SMILES string of the molecule is Cl.N#Cc1ccc([C@@H](N)C2CCCC2)cc1. The summed E-state index contributed by atoms with van der Waals surface area (Å²) in [6.45, 7) is 0. The van der Waals surface area contributed by atoms with E-state index in [0.717, 1.165) is 0 Å². The maximum absolute atomic E-state index is 8.70. The fourth-order valence-electron chi connectivity index (χ4n) is 2.37. The molecule has 0 aromatic heterocycles. The maximum Gasteiger partial charge on any atom is 0.0991 e. The molecule has 0 amide bonds. The molecule has 0 saturated heterocycles. The van der Waals surface area contributed by atoms with E-state index in [-0.39, 0.29) is 18.4 Å². The van der Waals surface area contributed by atoms with Crippen LogP contribution in [0.5, 0.6) is 0 Å². The van der Waals surface area contributed by atoms with Crippen LogP contribution < -0.4 is 5.73 Å². The van der Waals surface area contributed by atoms with Gasteiger partial charge in [-0.3, -0.25) is 0 Å². The van der Waals surface area contributed by atoms with Crippen LogP contribution in [0.3, 0.4) is 0 Å². The summed E-state index contributed by atoms with van der Waals surface area (Å²) in [6.07, 6.45) is 5.13. The van der Waals surface area contributed by atoms with E-state index in [2.05, 4.69) is 6.07 Å². The number of hydrogen-bond donors (Lipinski definition) is 1. The molecule has 1 saturated carbocycles. The highest BCUT2D eigenvalue weighted by molar-refractivity contribution is 5.85. The average molecular weight is 237 g/mol. The Labute approximate surface area is 103 Å². The van der Waals surface area contributed by atoms with Gasteiger partial charge in [0.2, 0.25) is 0 Å². The zero-order valence-electron chi connectivity index (χ0n) is 9.23. The van der Waals surface area contributed by atoms with Gasteiger partial charge in [-0.1, -0.05) is 25.0 Å². The van der Waals surface area contributed by atoms with E-state index < -0.39 is 0 Å². The molecule has 1 fully saturated rings. The molecule has 16 heavy (non-hydrogen) atoms. The number of nitriles is 1. The third kappa shape index (κ3) is 2.75. The van der Waals surface area contributed by atoms with Gasteiger partial charge < -0.3 is 5.73 Å². The first-order valence-electron chi connectivity index (χ1n) is 5.57. The standard InChI is InChI=1S/C13H16N2.ClH/c14-9-10-5-7-12(8-6-10)13(15)11-3-1-2-4-11;/h5-8,11,13H,1-4,15H2;1H/t13-;/m0./s1. The third-order valence-electron chi connectivity index (χ3n) is 3.33. The number of hydrogen-bond acceptors (Lipinski definition) is 2. The Balaban J connectivity index is 0.00000128. The molecule has 0 unspecified atom stereocenters. The Hall–Kier alpha value is -1.04. The number of benzene rings is 1. The molecule has 2 N–H and O–H groups in total. The first-order valence-corrected chi connectivity index (χ1v) is 5.57. The fraction of sp³-hybridized carbons (Fsp3) is 0.462. The molecule has 0 heterocycles. The van der Waals surface area contributed by atoms with Crippen molar-refractivity contribution in [3.05, 3.63) is 35.4 Å². The number of halogens is 1. The van der Waals surface area contributed by atoms with Crippen molar-refractivity contribution in [2.45, 2.75) is 31.7 Å². The first kappa shape index (κ1) is 13.0. The van der Waals surface area contributed by atoms with E-state index >= 15 is 0 Å². The summed E-state index contributed by atoms with van der Waals surface area (Å²) in [7, 11) is 0. The van der Waals surface area contributed by atoms with Crippen LogP contribution in [-0.2, 0) is 0 Å². The van der Waals surface area contributed by atoms with Crippen molar-refractivity contribution in [3.63, 3.8) is 0 Å². The van der Waals surface area contributed by atoms with Crippen LogP contribution >= 0.6 is 12.4 Å². The van der Waals surface area contributed by atoms with Crippen molar-refractivity contribution >= 4 is 12.4 Å². The Kier molecular flexibility index (Phi) is 4.79. The Morgan fingerprint density at radius 3 is 2.25 bits per heavy atom. The van der Waals surface area contributed by atoms with Gasteiger partial charge in [0.15, 0.2) is 0 Å². The minimum Gasteiger partial charge on any atom is -0.324 e. The van der Waals surface area contributed by atoms with Crippen molar-refractivity contribution in [1.29, 1.82) is 5.26 Å². The number of nitrogens with zero attached hydrogens (tertiary/aromatic N) is 1. The zero-order valence-corrected chi connectivity index (χ0v) is 10.0. The lowest BCUT2D eigenvalue weighted by atomic mass is 9.92. The van der Waals surface area contributed by atoms with E-state index in [9.17, 15) is 0 Å². The first-order chi connectivity index (χ1) is 7.31. The monoisotopic (exact) mass is 236 g/mol. The Morgan fingerprint density at radius 1 is 1.19 bits per heavy atom. The van der Waals surface area contributed by atoms with Crippen LogP contribution in [0, 0.1) is 17.2 Å². The normalized spacial score (nSPS) is 17.5. The van der Waals surface area contributed by atoms with E-state index in [4.69, 9.17) is 11.0 Å². The molecule has 0 aliphatic heterocycles. The average Bonchev–Trinajstić information content (AvgIpc) is 2.82. The Morgan fingerprint density at radius 2 is 1.75 bits per heavy atom. The molecule has 2 rings (SSSR count). The van der Waals surface area contributed by atoms with Crippen LogP contribution in [0.15, 0.2) is 24.3 Å². The lowest BCUT2D eigenvalue weighted by molar-refractivity contribution is 0.445. The number of nitrogens with two attached hydrogens (primary N) is 1. The van der Waals surface area contributed by atoms with Gasteiger partial charge >= 0.3 is 0 Å². The summed E-state index contributed by atoms with van der Waals surface area (Å²) in [4.78, 5) is 0. The summed E-state index contributed by atoms with van der Waals surface area (Å²) < 4.78 is 0. The van der Waals surface area contributed by atoms with Crippen LogP contribution in [0.1, 0.15) is 42.9 Å². The van der Waals surface area contributed by atoms with Crippen LogP contribution in [0.4, 0.5) is 0 Å². The van der Waals surface area contributed by atoms with Crippen molar-refractivity contribution < 1.29 is 0 Å². The topological polar surface area (TPSA) is 49.8 Å². The highest BCUT2D eigenvalue weighted by Crippen LogP contribution is 2.33. The molecule has 1 aliphatic rings. The van der Waals surface area contributed by atoms with E-state index in [1.54, 1.807) is 0 Å². The zero-order chi connectivity index (χ0) is 10.7. The van der Waals surface area contributed by atoms with Crippen molar-refractivity contribution in [3.8, 4) is 6.07 Å². The maximum atomic E-state index is 8.70. The summed E-state index contributed by atoms with van der Waals surface area (Å²) >= 11 is 0. The molecule has 0 bridgehead atoms. The summed E-state index contributed by atoms with van der Waals surface area (Å²) in [6, 6.07) is 9.95. The number of rotatable bonds is 2.